The van der Waals surface area contributed by atoms with Crippen LogP contribution in [-0.4, -0.2) is 29.4 Å². The standard InChI is InChI=1S/C18H22N2O5/c1-13(17(21)19-11-10-14-6-3-2-4-7-14)25-18(22)15-8-5-9-16(12-15)20(23)24/h5-6,8-9,12-13H,2-4,7,10-11H2,1H3,(H,19,21)/t13-/m1/s1. The maximum atomic E-state index is 12.0. The highest BCUT2D eigenvalue weighted by molar-refractivity contribution is 5.92. The molecule has 134 valence electrons. The van der Waals surface area contributed by atoms with Gasteiger partial charge in [-0.25, -0.2) is 4.79 Å². The molecule has 1 aromatic rings. The van der Waals surface area contributed by atoms with Gasteiger partial charge in [-0.3, -0.25) is 14.9 Å². The fourth-order valence-corrected chi connectivity index (χ4v) is 2.65. The van der Waals surface area contributed by atoms with Gasteiger partial charge in [0.15, 0.2) is 6.10 Å². The molecule has 0 saturated heterocycles. The first-order chi connectivity index (χ1) is 12.0. The predicted octanol–water partition coefficient (Wildman–Crippen LogP) is 3.15. The highest BCUT2D eigenvalue weighted by Gasteiger charge is 2.20. The number of amides is 1. The Hall–Kier alpha value is -2.70. The summed E-state index contributed by atoms with van der Waals surface area (Å²) < 4.78 is 5.09. The molecular weight excluding hydrogens is 324 g/mol. The third-order valence-electron chi connectivity index (χ3n) is 4.08. The molecule has 0 spiro atoms. The maximum absolute atomic E-state index is 12.0. The minimum Gasteiger partial charge on any atom is -0.449 e. The molecule has 0 unspecified atom stereocenters. The fraction of sp³-hybridized carbons (Fsp3) is 0.444. The van der Waals surface area contributed by atoms with Crippen molar-refractivity contribution in [3.8, 4) is 0 Å². The number of hydrogen-bond acceptors (Lipinski definition) is 5. The molecule has 0 bridgehead atoms. The molecule has 7 heteroatoms. The Bertz CT molecular complexity index is 684. The molecule has 1 aromatic carbocycles. The first-order valence-corrected chi connectivity index (χ1v) is 8.38. The third kappa shape index (κ3) is 5.70. The summed E-state index contributed by atoms with van der Waals surface area (Å²) in [7, 11) is 0. The van der Waals surface area contributed by atoms with Crippen molar-refractivity contribution >= 4 is 17.6 Å². The number of ether oxygens (including phenoxy) is 1. The molecule has 2 rings (SSSR count). The van der Waals surface area contributed by atoms with Gasteiger partial charge in [-0.1, -0.05) is 17.7 Å². The molecule has 1 aliphatic rings. The van der Waals surface area contributed by atoms with E-state index in [1.807, 2.05) is 0 Å². The van der Waals surface area contributed by atoms with E-state index < -0.39 is 17.0 Å². The fourth-order valence-electron chi connectivity index (χ4n) is 2.65. The zero-order chi connectivity index (χ0) is 18.2. The minimum atomic E-state index is -0.966. The number of carbonyl (C=O) groups is 2. The Morgan fingerprint density at radius 1 is 1.36 bits per heavy atom. The van der Waals surface area contributed by atoms with Gasteiger partial charge >= 0.3 is 5.97 Å². The predicted molar refractivity (Wildman–Crippen MR) is 92.2 cm³/mol. The number of nitro benzene ring substituents is 1. The molecule has 0 fully saturated rings. The molecular formula is C18H22N2O5. The normalized spacial score (nSPS) is 15.0. The van der Waals surface area contributed by atoms with E-state index in [-0.39, 0.29) is 17.2 Å². The highest BCUT2D eigenvalue weighted by Crippen LogP contribution is 2.19. The molecule has 0 radical (unpaired) electrons. The van der Waals surface area contributed by atoms with Gasteiger partial charge in [-0.15, -0.1) is 0 Å². The second kappa shape index (κ2) is 8.96. The molecule has 25 heavy (non-hydrogen) atoms. The van der Waals surface area contributed by atoms with Crippen LogP contribution in [0.25, 0.3) is 0 Å². The highest BCUT2D eigenvalue weighted by atomic mass is 16.6. The summed E-state index contributed by atoms with van der Waals surface area (Å²) in [6.07, 6.45) is 6.65. The van der Waals surface area contributed by atoms with E-state index in [4.69, 9.17) is 4.74 Å². The largest absolute Gasteiger partial charge is 0.449 e. The smallest absolute Gasteiger partial charge is 0.339 e. The van der Waals surface area contributed by atoms with E-state index in [1.54, 1.807) is 0 Å². The number of carbonyl (C=O) groups excluding carboxylic acids is 2. The summed E-state index contributed by atoms with van der Waals surface area (Å²) in [6.45, 7) is 1.98. The molecule has 7 nitrogen and oxygen atoms in total. The van der Waals surface area contributed by atoms with Gasteiger partial charge in [-0.05, 0) is 45.1 Å². The summed E-state index contributed by atoms with van der Waals surface area (Å²) in [5.41, 5.74) is 1.20. The molecule has 0 aromatic heterocycles. The number of rotatable bonds is 7. The number of non-ortho nitro benzene ring substituents is 1. The lowest BCUT2D eigenvalue weighted by Gasteiger charge is -2.15. The number of benzene rings is 1. The van der Waals surface area contributed by atoms with E-state index in [2.05, 4.69) is 11.4 Å². The van der Waals surface area contributed by atoms with Crippen LogP contribution in [0.2, 0.25) is 0 Å². The Labute approximate surface area is 146 Å². The van der Waals surface area contributed by atoms with E-state index >= 15 is 0 Å². The Morgan fingerprint density at radius 2 is 2.16 bits per heavy atom. The molecule has 1 aliphatic carbocycles. The number of esters is 1. The zero-order valence-electron chi connectivity index (χ0n) is 14.2. The van der Waals surface area contributed by atoms with Crippen molar-refractivity contribution < 1.29 is 19.2 Å². The lowest BCUT2D eigenvalue weighted by molar-refractivity contribution is -0.384. The summed E-state index contributed by atoms with van der Waals surface area (Å²) >= 11 is 0. The van der Waals surface area contributed by atoms with Gasteiger partial charge in [0.1, 0.15) is 0 Å². The lowest BCUT2D eigenvalue weighted by atomic mass is 9.97. The van der Waals surface area contributed by atoms with E-state index in [0.717, 1.165) is 25.3 Å². The van der Waals surface area contributed by atoms with Crippen LogP contribution < -0.4 is 5.32 Å². The average Bonchev–Trinajstić information content (AvgIpc) is 2.62. The zero-order valence-corrected chi connectivity index (χ0v) is 14.2. The summed E-state index contributed by atoms with van der Waals surface area (Å²) in [6, 6.07) is 5.22. The SMILES string of the molecule is C[C@@H](OC(=O)c1cccc([N+](=O)[O-])c1)C(=O)NCCC1=CCCCC1. The van der Waals surface area contributed by atoms with Crippen LogP contribution in [0.15, 0.2) is 35.9 Å². The van der Waals surface area contributed by atoms with Gasteiger partial charge in [-0.2, -0.15) is 0 Å². The molecule has 0 heterocycles. The topological polar surface area (TPSA) is 98.5 Å². The van der Waals surface area contributed by atoms with Gasteiger partial charge in [0.25, 0.3) is 11.6 Å². The monoisotopic (exact) mass is 346 g/mol. The first-order valence-electron chi connectivity index (χ1n) is 8.38. The van der Waals surface area contributed by atoms with Crippen molar-refractivity contribution in [3.05, 3.63) is 51.6 Å². The van der Waals surface area contributed by atoms with Crippen LogP contribution in [0.3, 0.4) is 0 Å². The van der Waals surface area contributed by atoms with Gasteiger partial charge in [0, 0.05) is 18.7 Å². The van der Waals surface area contributed by atoms with Crippen LogP contribution in [0.5, 0.6) is 0 Å². The number of nitrogens with one attached hydrogen (secondary N) is 1. The van der Waals surface area contributed by atoms with Crippen LogP contribution in [0, 0.1) is 10.1 Å². The Balaban J connectivity index is 1.81. The number of allylic oxidation sites excluding steroid dienone is 1. The van der Waals surface area contributed by atoms with Crippen LogP contribution in [0.4, 0.5) is 5.69 Å². The average molecular weight is 346 g/mol. The van der Waals surface area contributed by atoms with Crippen molar-refractivity contribution in [2.45, 2.75) is 45.1 Å². The van der Waals surface area contributed by atoms with Crippen molar-refractivity contribution in [1.82, 2.24) is 5.32 Å². The summed E-state index contributed by atoms with van der Waals surface area (Å²) in [4.78, 5) is 34.2. The van der Waals surface area contributed by atoms with Crippen molar-refractivity contribution in [2.75, 3.05) is 6.54 Å². The van der Waals surface area contributed by atoms with E-state index in [9.17, 15) is 19.7 Å². The van der Waals surface area contributed by atoms with Crippen LogP contribution >= 0.6 is 0 Å². The maximum Gasteiger partial charge on any atom is 0.339 e. The second-order valence-electron chi connectivity index (χ2n) is 6.00. The Kier molecular flexibility index (Phi) is 6.68. The molecule has 1 N–H and O–H groups in total. The molecule has 0 saturated carbocycles. The third-order valence-corrected chi connectivity index (χ3v) is 4.08. The van der Waals surface area contributed by atoms with E-state index in [0.29, 0.717) is 6.54 Å². The van der Waals surface area contributed by atoms with Crippen LogP contribution in [-0.2, 0) is 9.53 Å². The number of nitrogens with zero attached hydrogens (tertiary/aromatic N) is 1. The van der Waals surface area contributed by atoms with Gasteiger partial charge < -0.3 is 10.1 Å². The van der Waals surface area contributed by atoms with Gasteiger partial charge in [0.2, 0.25) is 0 Å². The molecule has 0 aliphatic heterocycles. The number of hydrogen-bond donors (Lipinski definition) is 1. The second-order valence-corrected chi connectivity index (χ2v) is 6.00. The summed E-state index contributed by atoms with van der Waals surface area (Å²) in [5, 5.41) is 13.5. The minimum absolute atomic E-state index is 0.0428. The van der Waals surface area contributed by atoms with Crippen LogP contribution in [0.1, 0.15) is 49.4 Å². The first kappa shape index (κ1) is 18.6. The lowest BCUT2D eigenvalue weighted by Crippen LogP contribution is -2.36. The van der Waals surface area contributed by atoms with Crippen molar-refractivity contribution in [1.29, 1.82) is 0 Å². The quantitative estimate of drug-likeness (QED) is 0.354. The molecule has 1 amide bonds. The number of nitro groups is 1. The summed E-state index contributed by atoms with van der Waals surface area (Å²) in [5.74, 6) is -1.14. The van der Waals surface area contributed by atoms with Gasteiger partial charge in [0.05, 0.1) is 10.5 Å². The molecule has 1 atom stereocenters. The van der Waals surface area contributed by atoms with E-state index in [1.165, 1.54) is 43.5 Å². The van der Waals surface area contributed by atoms with Crippen molar-refractivity contribution in [3.63, 3.8) is 0 Å². The Morgan fingerprint density at radius 3 is 2.84 bits per heavy atom. The van der Waals surface area contributed by atoms with Crippen molar-refractivity contribution in [2.24, 2.45) is 0 Å².